The van der Waals surface area contributed by atoms with Gasteiger partial charge in [0.1, 0.15) is 0 Å². The molecular weight excluding hydrogens is 235 g/mol. The van der Waals surface area contributed by atoms with Crippen molar-refractivity contribution in [2.75, 3.05) is 26.2 Å². The van der Waals surface area contributed by atoms with Gasteiger partial charge < -0.3 is 20.0 Å². The first kappa shape index (κ1) is 14.0. The Morgan fingerprint density at radius 1 is 0.846 bits per heavy atom. The van der Waals surface area contributed by atoms with Gasteiger partial charge in [-0.3, -0.25) is 0 Å². The molecule has 0 aromatic heterocycles. The molecule has 0 atom stereocenters. The van der Waals surface area contributed by atoms with E-state index in [9.17, 15) is 0 Å². The molecule has 4 nitrogen and oxygen atoms in total. The molecule has 1 aliphatic heterocycles. The van der Waals surface area contributed by atoms with E-state index < -0.39 is 0 Å². The fraction of sp³-hybridized carbons (Fsp3) is 0.667. The van der Waals surface area contributed by atoms with Gasteiger partial charge in [0.15, 0.2) is 0 Å². The second-order valence-corrected chi connectivity index (χ2v) is 3.27. The molecule has 1 heterocycles. The summed E-state index contributed by atoms with van der Waals surface area (Å²) in [5, 5.41) is 17.7. The van der Waals surface area contributed by atoms with E-state index in [1.165, 1.54) is 0 Å². The minimum absolute atomic E-state index is 0. The number of thiocarbonyl (C=S) groups is 2. The summed E-state index contributed by atoms with van der Waals surface area (Å²) in [6.45, 7) is 2.43. The van der Waals surface area contributed by atoms with Gasteiger partial charge in [0.2, 0.25) is 0 Å². The molecule has 13 heavy (non-hydrogen) atoms. The van der Waals surface area contributed by atoms with Crippen molar-refractivity contribution in [2.45, 2.75) is 0 Å². The molecule has 0 saturated carbocycles. The summed E-state index contributed by atoms with van der Waals surface area (Å²) in [6.07, 6.45) is 0. The Bertz CT molecular complexity index is 185. The van der Waals surface area contributed by atoms with Gasteiger partial charge in [-0.05, 0) is 24.4 Å². The zero-order valence-corrected chi connectivity index (χ0v) is 8.07. The van der Waals surface area contributed by atoms with Gasteiger partial charge in [-0.15, -0.1) is 0 Å². The normalized spacial score (nSPS) is 16.3. The van der Waals surface area contributed by atoms with Crippen molar-refractivity contribution in [1.29, 1.82) is 0 Å². The van der Waals surface area contributed by atoms with Crippen LogP contribution in [0, 0.1) is 0 Å². The van der Waals surface area contributed by atoms with Gasteiger partial charge in [0, 0.05) is 26.2 Å². The number of aliphatic hydroxyl groups is 2. The maximum atomic E-state index is 8.95. The molecule has 1 aliphatic rings. The van der Waals surface area contributed by atoms with Crippen LogP contribution in [-0.2, 0) is 0 Å². The third kappa shape index (κ3) is 4.37. The van der Waals surface area contributed by atoms with E-state index >= 15 is 0 Å². The van der Waals surface area contributed by atoms with Crippen molar-refractivity contribution in [1.82, 2.24) is 9.80 Å². The van der Waals surface area contributed by atoms with E-state index in [0.29, 0.717) is 26.2 Å². The summed E-state index contributed by atoms with van der Waals surface area (Å²) in [7, 11) is 0. The summed E-state index contributed by atoms with van der Waals surface area (Å²) in [5.41, 5.74) is 0. The van der Waals surface area contributed by atoms with Crippen molar-refractivity contribution in [2.24, 2.45) is 0 Å². The van der Waals surface area contributed by atoms with Crippen LogP contribution >= 0.6 is 24.4 Å². The third-order valence-corrected chi connectivity index (χ3v) is 2.34. The summed E-state index contributed by atoms with van der Waals surface area (Å²) in [6, 6.07) is 0. The molecule has 0 spiro atoms. The Morgan fingerprint density at radius 2 is 1.08 bits per heavy atom. The van der Waals surface area contributed by atoms with Crippen LogP contribution < -0.4 is 0 Å². The fourth-order valence-corrected chi connectivity index (χ4v) is 1.45. The Hall–Kier alpha value is 1.02. The third-order valence-electron chi connectivity index (χ3n) is 1.82. The van der Waals surface area contributed by atoms with Crippen molar-refractivity contribution in [3.05, 3.63) is 0 Å². The van der Waals surface area contributed by atoms with Gasteiger partial charge in [0.05, 0.1) is 0 Å². The number of hydrogen-bond acceptors (Lipinski definition) is 2. The molecule has 0 aliphatic carbocycles. The van der Waals surface area contributed by atoms with Crippen molar-refractivity contribution >= 4 is 86.2 Å². The van der Waals surface area contributed by atoms with E-state index in [-0.39, 0.29) is 61.7 Å². The summed E-state index contributed by atoms with van der Waals surface area (Å²) in [4.78, 5) is 3.34. The Balaban J connectivity index is 0.00000144. The molecule has 0 amide bonds. The molecule has 0 aromatic rings. The predicted molar refractivity (Wildman–Crippen MR) is 60.7 cm³/mol. The van der Waals surface area contributed by atoms with Crippen LogP contribution in [0.3, 0.4) is 0 Å². The van der Waals surface area contributed by atoms with Crippen LogP contribution in [0.1, 0.15) is 0 Å². The first-order valence-corrected chi connectivity index (χ1v) is 4.38. The van der Waals surface area contributed by atoms with E-state index in [1.54, 1.807) is 9.80 Å². The van der Waals surface area contributed by atoms with E-state index in [4.69, 9.17) is 10.2 Å². The average Bonchev–Trinajstić information content (AvgIpc) is 2.04. The Kier molecular flexibility index (Phi) is 7.00. The van der Waals surface area contributed by atoms with Gasteiger partial charge in [-0.25, -0.2) is 0 Å². The summed E-state index contributed by atoms with van der Waals surface area (Å²) in [5.74, 6) is 0. The van der Waals surface area contributed by atoms with E-state index in [0.717, 1.165) is 0 Å². The second kappa shape index (κ2) is 6.49. The molecular formula is C6H11KN2O2S2. The molecule has 0 unspecified atom stereocenters. The van der Waals surface area contributed by atoms with Crippen LogP contribution in [0.25, 0.3) is 0 Å². The summed E-state index contributed by atoms with van der Waals surface area (Å²) < 4.78 is 0. The molecule has 1 rings (SSSR count). The van der Waals surface area contributed by atoms with Crippen molar-refractivity contribution in [3.8, 4) is 0 Å². The van der Waals surface area contributed by atoms with E-state index in [1.807, 2.05) is 0 Å². The fourth-order valence-electron chi connectivity index (χ4n) is 1.09. The molecule has 70 valence electrons. The average molecular weight is 246 g/mol. The minimum atomic E-state index is -0.0847. The molecule has 7 heteroatoms. The second-order valence-electron chi connectivity index (χ2n) is 2.54. The number of nitrogens with zero attached hydrogens (tertiary/aromatic N) is 2. The summed E-state index contributed by atoms with van der Waals surface area (Å²) >= 11 is 9.17. The van der Waals surface area contributed by atoms with Crippen molar-refractivity contribution < 1.29 is 10.2 Å². The number of aliphatic hydroxyl groups excluding tert-OH is 2. The van der Waals surface area contributed by atoms with Gasteiger partial charge in [0.25, 0.3) is 10.3 Å². The molecule has 1 fully saturated rings. The van der Waals surface area contributed by atoms with Gasteiger partial charge >= 0.3 is 51.4 Å². The zero-order chi connectivity index (χ0) is 9.14. The van der Waals surface area contributed by atoms with Crippen LogP contribution in [-0.4, -0.2) is 108 Å². The Labute approximate surface area is 130 Å². The van der Waals surface area contributed by atoms with Crippen LogP contribution in [0.2, 0.25) is 0 Å². The molecule has 0 radical (unpaired) electrons. The van der Waals surface area contributed by atoms with Gasteiger partial charge in [-0.2, -0.15) is 0 Å². The molecule has 0 aromatic carbocycles. The molecule has 1 saturated heterocycles. The topological polar surface area (TPSA) is 46.9 Å². The maximum absolute atomic E-state index is 8.95. The molecule has 0 bridgehead atoms. The van der Waals surface area contributed by atoms with Crippen molar-refractivity contribution in [3.63, 3.8) is 0 Å². The number of piperazine rings is 1. The quantitative estimate of drug-likeness (QED) is 0.450. The van der Waals surface area contributed by atoms with E-state index in [2.05, 4.69) is 24.4 Å². The monoisotopic (exact) mass is 246 g/mol. The first-order chi connectivity index (χ1) is 5.61. The SMILES string of the molecule is OC(=S)N1CCN(C(O)=S)CC1.[KH]. The Morgan fingerprint density at radius 3 is 1.23 bits per heavy atom. The predicted octanol–water partition coefficient (Wildman–Crippen LogP) is -0.359. The first-order valence-electron chi connectivity index (χ1n) is 3.57. The molecule has 2 N–H and O–H groups in total. The zero-order valence-electron chi connectivity index (χ0n) is 6.43. The number of hydrogen-bond donors (Lipinski definition) is 2. The standard InChI is InChI=1S/C6H10N2O2S2.K.H/c9-5(11)7-1-2-8(4-3-7)6(10)12;;/h1-4H2,(H,9,11)(H,10,12);;. The van der Waals surface area contributed by atoms with Crippen LogP contribution in [0.4, 0.5) is 0 Å². The van der Waals surface area contributed by atoms with Gasteiger partial charge in [-0.1, -0.05) is 0 Å². The van der Waals surface area contributed by atoms with Crippen LogP contribution in [0.15, 0.2) is 0 Å². The van der Waals surface area contributed by atoms with Crippen LogP contribution in [0.5, 0.6) is 0 Å². The number of rotatable bonds is 0.